The van der Waals surface area contributed by atoms with Gasteiger partial charge in [-0.1, -0.05) is 0 Å². The number of amides is 3. The lowest BCUT2D eigenvalue weighted by Gasteiger charge is -2.22. The molecule has 0 radical (unpaired) electrons. The molecule has 134 valence electrons. The Morgan fingerprint density at radius 2 is 1.80 bits per heavy atom. The van der Waals surface area contributed by atoms with Crippen molar-refractivity contribution in [2.75, 3.05) is 38.8 Å². The molecule has 1 N–H and O–H groups in total. The van der Waals surface area contributed by atoms with Crippen LogP contribution in [-0.4, -0.2) is 50.7 Å². The van der Waals surface area contributed by atoms with Crippen LogP contribution in [0.1, 0.15) is 25.3 Å². The van der Waals surface area contributed by atoms with Gasteiger partial charge in [-0.15, -0.1) is 0 Å². The third-order valence-electron chi connectivity index (χ3n) is 4.56. The van der Waals surface area contributed by atoms with Gasteiger partial charge in [0.1, 0.15) is 17.2 Å². The number of likely N-dealkylation sites (N-methyl/N-ethyl adjacent to an activating group) is 1. The maximum absolute atomic E-state index is 12.3. The van der Waals surface area contributed by atoms with Crippen molar-refractivity contribution >= 4 is 23.7 Å². The van der Waals surface area contributed by atoms with Gasteiger partial charge in [0.2, 0.25) is 0 Å². The van der Waals surface area contributed by atoms with Crippen molar-refractivity contribution < 1.29 is 19.1 Å². The first-order valence-electron chi connectivity index (χ1n) is 8.44. The lowest BCUT2D eigenvalue weighted by molar-refractivity contribution is -0.122. The fourth-order valence-corrected chi connectivity index (χ4v) is 3.24. The summed E-state index contributed by atoms with van der Waals surface area (Å²) in [6.45, 7) is 4.06. The molecule has 0 aliphatic carbocycles. The van der Waals surface area contributed by atoms with E-state index in [1.165, 1.54) is 0 Å². The van der Waals surface area contributed by atoms with Crippen molar-refractivity contribution in [3.63, 3.8) is 0 Å². The number of carbonyl (C=O) groups excluding carboxylic acids is 2. The molecular formula is C18H23N3O4. The summed E-state index contributed by atoms with van der Waals surface area (Å²) in [5.41, 5.74) is 1.90. The minimum absolute atomic E-state index is 0.237. The lowest BCUT2D eigenvalue weighted by atomic mass is 10.1. The van der Waals surface area contributed by atoms with E-state index in [9.17, 15) is 9.59 Å². The zero-order valence-electron chi connectivity index (χ0n) is 14.8. The molecule has 0 bridgehead atoms. The van der Waals surface area contributed by atoms with Crippen LogP contribution < -0.4 is 19.7 Å². The van der Waals surface area contributed by atoms with Crippen LogP contribution in [0.5, 0.6) is 11.5 Å². The van der Waals surface area contributed by atoms with E-state index in [1.54, 1.807) is 27.2 Å². The topological polar surface area (TPSA) is 71.1 Å². The van der Waals surface area contributed by atoms with Gasteiger partial charge >= 0.3 is 6.03 Å². The smallest absolute Gasteiger partial charge is 0.328 e. The molecule has 0 aromatic heterocycles. The summed E-state index contributed by atoms with van der Waals surface area (Å²) in [5.74, 6) is 1.02. The number of carbonyl (C=O) groups is 2. The minimum Gasteiger partial charge on any atom is -0.496 e. The van der Waals surface area contributed by atoms with Gasteiger partial charge < -0.3 is 19.7 Å². The zero-order valence-corrected chi connectivity index (χ0v) is 14.8. The second-order valence-electron chi connectivity index (χ2n) is 6.00. The van der Waals surface area contributed by atoms with Crippen molar-refractivity contribution in [3.05, 3.63) is 23.4 Å². The number of methoxy groups -OCH3 is 2. The zero-order chi connectivity index (χ0) is 18.0. The molecule has 2 saturated heterocycles. The number of nitrogens with one attached hydrogen (secondary N) is 1. The highest BCUT2D eigenvalue weighted by Gasteiger charge is 2.32. The predicted molar refractivity (Wildman–Crippen MR) is 94.9 cm³/mol. The van der Waals surface area contributed by atoms with Gasteiger partial charge in [-0.25, -0.2) is 4.79 Å². The van der Waals surface area contributed by atoms with E-state index in [2.05, 4.69) is 10.2 Å². The van der Waals surface area contributed by atoms with Crippen LogP contribution in [0.2, 0.25) is 0 Å². The van der Waals surface area contributed by atoms with Crippen molar-refractivity contribution in [2.24, 2.45) is 0 Å². The standard InChI is InChI=1S/C18H23N3O4/c1-4-21-17(22)13(19-18(21)23)9-12-10-16(25-3)14(11-15(12)24-2)20-7-5-6-8-20/h9-11H,4-8H2,1-3H3,(H,19,23)/b13-9+. The summed E-state index contributed by atoms with van der Waals surface area (Å²) < 4.78 is 11.0. The van der Waals surface area contributed by atoms with Gasteiger partial charge in [0, 0.05) is 31.3 Å². The normalized spacial score (nSPS) is 18.9. The van der Waals surface area contributed by atoms with Crippen LogP contribution in [0.3, 0.4) is 0 Å². The van der Waals surface area contributed by atoms with Crippen molar-refractivity contribution in [1.82, 2.24) is 10.2 Å². The summed E-state index contributed by atoms with van der Waals surface area (Å²) in [5, 5.41) is 2.60. The number of imide groups is 1. The van der Waals surface area contributed by atoms with Crippen molar-refractivity contribution in [3.8, 4) is 11.5 Å². The van der Waals surface area contributed by atoms with Gasteiger partial charge in [-0.3, -0.25) is 9.69 Å². The van der Waals surface area contributed by atoms with Gasteiger partial charge in [0.25, 0.3) is 5.91 Å². The van der Waals surface area contributed by atoms with Crippen LogP contribution in [0.4, 0.5) is 10.5 Å². The Labute approximate surface area is 147 Å². The summed E-state index contributed by atoms with van der Waals surface area (Å²) >= 11 is 0. The van der Waals surface area contributed by atoms with E-state index >= 15 is 0 Å². The van der Waals surface area contributed by atoms with E-state index in [0.717, 1.165) is 42.3 Å². The molecule has 7 nitrogen and oxygen atoms in total. The molecule has 3 rings (SSSR count). The Bertz CT molecular complexity index is 723. The molecule has 7 heteroatoms. The van der Waals surface area contributed by atoms with Crippen molar-refractivity contribution in [1.29, 1.82) is 0 Å². The summed E-state index contributed by atoms with van der Waals surface area (Å²) in [6.07, 6.45) is 3.94. The average molecular weight is 345 g/mol. The quantitative estimate of drug-likeness (QED) is 0.654. The van der Waals surface area contributed by atoms with Gasteiger partial charge in [-0.2, -0.15) is 0 Å². The van der Waals surface area contributed by atoms with Crippen molar-refractivity contribution in [2.45, 2.75) is 19.8 Å². The first-order chi connectivity index (χ1) is 12.1. The molecule has 0 atom stereocenters. The monoisotopic (exact) mass is 345 g/mol. The van der Waals surface area contributed by atoms with Crippen LogP contribution in [0.25, 0.3) is 6.08 Å². The number of nitrogens with zero attached hydrogens (tertiary/aromatic N) is 2. The molecule has 0 spiro atoms. The van der Waals surface area contributed by atoms with E-state index in [1.807, 2.05) is 12.1 Å². The Hall–Kier alpha value is -2.70. The molecule has 25 heavy (non-hydrogen) atoms. The first-order valence-corrected chi connectivity index (χ1v) is 8.44. The van der Waals surface area contributed by atoms with E-state index < -0.39 is 6.03 Å². The number of hydrogen-bond donors (Lipinski definition) is 1. The maximum Gasteiger partial charge on any atom is 0.328 e. The van der Waals surface area contributed by atoms with E-state index in [0.29, 0.717) is 17.9 Å². The molecule has 2 heterocycles. The van der Waals surface area contributed by atoms with Crippen LogP contribution in [-0.2, 0) is 4.79 Å². The summed E-state index contributed by atoms with van der Waals surface area (Å²) in [7, 11) is 3.21. The molecule has 1 aromatic rings. The highest BCUT2D eigenvalue weighted by molar-refractivity contribution is 6.14. The largest absolute Gasteiger partial charge is 0.496 e. The second kappa shape index (κ2) is 7.04. The van der Waals surface area contributed by atoms with E-state index in [4.69, 9.17) is 9.47 Å². The van der Waals surface area contributed by atoms with E-state index in [-0.39, 0.29) is 11.6 Å². The SMILES string of the molecule is CCN1C(=O)N/C(=C/c2cc(OC)c(N3CCCC3)cc2OC)C1=O. The number of hydrogen-bond acceptors (Lipinski definition) is 5. The van der Waals surface area contributed by atoms with Crippen LogP contribution in [0, 0.1) is 0 Å². The third-order valence-corrected chi connectivity index (χ3v) is 4.56. The molecule has 0 saturated carbocycles. The first kappa shape index (κ1) is 17.1. The lowest BCUT2D eigenvalue weighted by Crippen LogP contribution is -2.30. The fraction of sp³-hybridized carbons (Fsp3) is 0.444. The Kier molecular flexibility index (Phi) is 4.83. The number of anilines is 1. The molecule has 1 aromatic carbocycles. The molecule has 2 aliphatic heterocycles. The van der Waals surface area contributed by atoms with Crippen LogP contribution in [0.15, 0.2) is 17.8 Å². The average Bonchev–Trinajstić information content (AvgIpc) is 3.23. The summed E-state index contributed by atoms with van der Waals surface area (Å²) in [6, 6.07) is 3.36. The molecular weight excluding hydrogens is 322 g/mol. The Morgan fingerprint density at radius 1 is 1.12 bits per heavy atom. The van der Waals surface area contributed by atoms with Gasteiger partial charge in [0.15, 0.2) is 0 Å². The summed E-state index contributed by atoms with van der Waals surface area (Å²) in [4.78, 5) is 27.5. The highest BCUT2D eigenvalue weighted by atomic mass is 16.5. The molecule has 3 amide bonds. The second-order valence-corrected chi connectivity index (χ2v) is 6.00. The highest BCUT2D eigenvalue weighted by Crippen LogP contribution is 2.38. The molecule has 2 aliphatic rings. The number of urea groups is 1. The fourth-order valence-electron chi connectivity index (χ4n) is 3.24. The third kappa shape index (κ3) is 3.14. The number of benzene rings is 1. The molecule has 0 unspecified atom stereocenters. The number of ether oxygens (including phenoxy) is 2. The maximum atomic E-state index is 12.3. The van der Waals surface area contributed by atoms with Crippen LogP contribution >= 0.6 is 0 Å². The predicted octanol–water partition coefficient (Wildman–Crippen LogP) is 2.22. The minimum atomic E-state index is -0.404. The Morgan fingerprint density at radius 3 is 2.36 bits per heavy atom. The molecule has 2 fully saturated rings. The van der Waals surface area contributed by atoms with Gasteiger partial charge in [-0.05, 0) is 31.9 Å². The number of rotatable bonds is 5. The van der Waals surface area contributed by atoms with Gasteiger partial charge in [0.05, 0.1) is 19.9 Å². The Balaban J connectivity index is 2.00.